The standard InChI is InChI=1S/C11H19F2NO/c1-10(2,3)14-6-4-9(5-7-14)11(12,13)8-15/h8-9H,4-7H2,1-3H3. The number of rotatable bonds is 2. The van der Waals surface area contributed by atoms with Gasteiger partial charge in [0.15, 0.2) is 6.29 Å². The number of nitrogens with zero attached hydrogens (tertiary/aromatic N) is 1. The summed E-state index contributed by atoms with van der Waals surface area (Å²) >= 11 is 0. The Balaban J connectivity index is 2.53. The average molecular weight is 219 g/mol. The summed E-state index contributed by atoms with van der Waals surface area (Å²) in [6, 6.07) is 0. The zero-order chi connectivity index (χ0) is 11.7. The maximum Gasteiger partial charge on any atom is 0.305 e. The maximum atomic E-state index is 13.1. The Labute approximate surface area is 89.6 Å². The van der Waals surface area contributed by atoms with Crippen molar-refractivity contribution in [1.82, 2.24) is 4.90 Å². The lowest BCUT2D eigenvalue weighted by Crippen LogP contribution is -2.49. The van der Waals surface area contributed by atoms with Crippen LogP contribution in [0.2, 0.25) is 0 Å². The van der Waals surface area contributed by atoms with Crippen LogP contribution < -0.4 is 0 Å². The molecule has 1 saturated heterocycles. The molecule has 1 aliphatic heterocycles. The van der Waals surface area contributed by atoms with Gasteiger partial charge >= 0.3 is 5.92 Å². The molecule has 1 rings (SSSR count). The van der Waals surface area contributed by atoms with Crippen molar-refractivity contribution in [2.24, 2.45) is 5.92 Å². The Morgan fingerprint density at radius 1 is 1.20 bits per heavy atom. The van der Waals surface area contributed by atoms with Gasteiger partial charge in [0.25, 0.3) is 0 Å². The quantitative estimate of drug-likeness (QED) is 0.664. The lowest BCUT2D eigenvalue weighted by atomic mass is 9.89. The lowest BCUT2D eigenvalue weighted by molar-refractivity contribution is -0.141. The van der Waals surface area contributed by atoms with Crippen LogP contribution in [0.3, 0.4) is 0 Å². The molecule has 0 aromatic carbocycles. The van der Waals surface area contributed by atoms with Crippen LogP contribution in [-0.2, 0) is 4.79 Å². The van der Waals surface area contributed by atoms with Crippen molar-refractivity contribution in [3.8, 4) is 0 Å². The second kappa shape index (κ2) is 4.16. The van der Waals surface area contributed by atoms with Crippen molar-refractivity contribution >= 4 is 6.29 Å². The summed E-state index contributed by atoms with van der Waals surface area (Å²) in [5, 5.41) is 0. The number of carbonyl (C=O) groups is 1. The molecule has 1 fully saturated rings. The molecule has 4 heteroatoms. The minimum atomic E-state index is -3.13. The van der Waals surface area contributed by atoms with E-state index in [-0.39, 0.29) is 11.8 Å². The number of aldehydes is 1. The molecule has 0 aromatic rings. The van der Waals surface area contributed by atoms with Crippen molar-refractivity contribution in [2.75, 3.05) is 13.1 Å². The lowest BCUT2D eigenvalue weighted by Gasteiger charge is -2.41. The number of alkyl halides is 2. The van der Waals surface area contributed by atoms with Gasteiger partial charge in [0.05, 0.1) is 0 Å². The molecule has 0 unspecified atom stereocenters. The summed E-state index contributed by atoms with van der Waals surface area (Å²) in [5.41, 5.74) is 0.0292. The van der Waals surface area contributed by atoms with Crippen LogP contribution >= 0.6 is 0 Å². The molecule has 0 spiro atoms. The van der Waals surface area contributed by atoms with Crippen LogP contribution in [0, 0.1) is 5.92 Å². The van der Waals surface area contributed by atoms with Gasteiger partial charge in [-0.1, -0.05) is 0 Å². The van der Waals surface area contributed by atoms with Gasteiger partial charge < -0.3 is 0 Å². The maximum absolute atomic E-state index is 13.1. The van der Waals surface area contributed by atoms with Gasteiger partial charge in [0.2, 0.25) is 0 Å². The SMILES string of the molecule is CC(C)(C)N1CCC(C(F)(F)C=O)CC1. The Kier molecular flexibility index (Phi) is 3.48. The number of carbonyl (C=O) groups excluding carboxylic acids is 1. The van der Waals surface area contributed by atoms with Crippen molar-refractivity contribution < 1.29 is 13.6 Å². The predicted molar refractivity (Wildman–Crippen MR) is 55.1 cm³/mol. The molecule has 0 N–H and O–H groups in total. The molecule has 2 nitrogen and oxygen atoms in total. The van der Waals surface area contributed by atoms with Crippen LogP contribution in [0.25, 0.3) is 0 Å². The highest BCUT2D eigenvalue weighted by atomic mass is 19.3. The van der Waals surface area contributed by atoms with Crippen LogP contribution in [0.5, 0.6) is 0 Å². The van der Waals surface area contributed by atoms with E-state index in [4.69, 9.17) is 0 Å². The molecule has 0 bridgehead atoms. The zero-order valence-electron chi connectivity index (χ0n) is 9.59. The third-order valence-electron chi connectivity index (χ3n) is 3.15. The molecule has 0 amide bonds. The first-order valence-corrected chi connectivity index (χ1v) is 5.36. The van der Waals surface area contributed by atoms with Gasteiger partial charge in [0.1, 0.15) is 0 Å². The van der Waals surface area contributed by atoms with E-state index in [1.165, 1.54) is 0 Å². The third kappa shape index (κ3) is 2.97. The first-order valence-electron chi connectivity index (χ1n) is 5.36. The van der Waals surface area contributed by atoms with Gasteiger partial charge in [-0.15, -0.1) is 0 Å². The second-order valence-corrected chi connectivity index (χ2v) is 5.22. The minimum absolute atomic E-state index is 0.0292. The highest BCUT2D eigenvalue weighted by molar-refractivity contribution is 5.60. The Morgan fingerprint density at radius 2 is 1.67 bits per heavy atom. The molecule has 0 atom stereocenters. The van der Waals surface area contributed by atoms with E-state index in [9.17, 15) is 13.6 Å². The number of halogens is 2. The molecular formula is C11H19F2NO. The van der Waals surface area contributed by atoms with Crippen LogP contribution in [0.1, 0.15) is 33.6 Å². The summed E-state index contributed by atoms with van der Waals surface area (Å²) in [5.74, 6) is -3.90. The summed E-state index contributed by atoms with van der Waals surface area (Å²) in [4.78, 5) is 12.4. The predicted octanol–water partition coefficient (Wildman–Crippen LogP) is 2.33. The van der Waals surface area contributed by atoms with Gasteiger partial charge in [-0.3, -0.25) is 9.69 Å². The number of hydrogen-bond acceptors (Lipinski definition) is 2. The van der Waals surface area contributed by atoms with Gasteiger partial charge in [-0.2, -0.15) is 8.78 Å². The molecule has 0 saturated carbocycles. The van der Waals surface area contributed by atoms with Crippen molar-refractivity contribution in [2.45, 2.75) is 45.1 Å². The van der Waals surface area contributed by atoms with E-state index in [2.05, 4.69) is 25.7 Å². The largest absolute Gasteiger partial charge is 0.305 e. The van der Waals surface area contributed by atoms with Crippen molar-refractivity contribution in [3.05, 3.63) is 0 Å². The fourth-order valence-electron chi connectivity index (χ4n) is 2.03. The number of piperidine rings is 1. The molecule has 15 heavy (non-hydrogen) atoms. The summed E-state index contributed by atoms with van der Waals surface area (Å²) in [6.07, 6.45) is 0.608. The number of hydrogen-bond donors (Lipinski definition) is 0. The fourth-order valence-corrected chi connectivity index (χ4v) is 2.03. The van der Waals surface area contributed by atoms with Crippen molar-refractivity contribution in [1.29, 1.82) is 0 Å². The van der Waals surface area contributed by atoms with Gasteiger partial charge in [-0.05, 0) is 46.7 Å². The fraction of sp³-hybridized carbons (Fsp3) is 0.909. The van der Waals surface area contributed by atoms with Gasteiger partial charge in [0, 0.05) is 11.5 Å². The highest BCUT2D eigenvalue weighted by Gasteiger charge is 2.41. The van der Waals surface area contributed by atoms with Crippen LogP contribution in [0.15, 0.2) is 0 Å². The minimum Gasteiger partial charge on any atom is -0.298 e. The Bertz CT molecular complexity index is 227. The van der Waals surface area contributed by atoms with Gasteiger partial charge in [-0.25, -0.2) is 0 Å². The molecule has 0 radical (unpaired) electrons. The topological polar surface area (TPSA) is 20.3 Å². The molecule has 0 aliphatic carbocycles. The molecule has 1 aliphatic rings. The van der Waals surface area contributed by atoms with Crippen LogP contribution in [0.4, 0.5) is 8.78 Å². The second-order valence-electron chi connectivity index (χ2n) is 5.22. The highest BCUT2D eigenvalue weighted by Crippen LogP contribution is 2.33. The van der Waals surface area contributed by atoms with E-state index in [0.717, 1.165) is 0 Å². The molecule has 0 aromatic heterocycles. The third-order valence-corrected chi connectivity index (χ3v) is 3.15. The molecule has 1 heterocycles. The Morgan fingerprint density at radius 3 is 2.00 bits per heavy atom. The smallest absolute Gasteiger partial charge is 0.298 e. The first kappa shape index (κ1) is 12.6. The normalized spacial score (nSPS) is 21.7. The summed E-state index contributed by atoms with van der Waals surface area (Å²) in [6.45, 7) is 7.52. The first-order chi connectivity index (χ1) is 6.77. The average Bonchev–Trinajstić information content (AvgIpc) is 2.17. The summed E-state index contributed by atoms with van der Waals surface area (Å²) in [7, 11) is 0. The molecular weight excluding hydrogens is 200 g/mol. The number of likely N-dealkylation sites (tertiary alicyclic amines) is 1. The van der Waals surface area contributed by atoms with Crippen LogP contribution in [-0.4, -0.2) is 35.7 Å². The van der Waals surface area contributed by atoms with E-state index >= 15 is 0 Å². The van der Waals surface area contributed by atoms with Crippen molar-refractivity contribution in [3.63, 3.8) is 0 Å². The van der Waals surface area contributed by atoms with E-state index < -0.39 is 11.8 Å². The zero-order valence-corrected chi connectivity index (χ0v) is 9.59. The van der Waals surface area contributed by atoms with E-state index in [1.807, 2.05) is 0 Å². The monoisotopic (exact) mass is 219 g/mol. The summed E-state index contributed by atoms with van der Waals surface area (Å²) < 4.78 is 26.2. The Hall–Kier alpha value is -0.510. The van der Waals surface area contributed by atoms with E-state index in [0.29, 0.717) is 25.9 Å². The molecule has 88 valence electrons. The van der Waals surface area contributed by atoms with E-state index in [1.54, 1.807) is 0 Å².